The fourth-order valence-corrected chi connectivity index (χ4v) is 5.47. The van der Waals surface area contributed by atoms with Crippen LogP contribution in [-0.2, 0) is 0 Å². The Bertz CT molecular complexity index is 1120. The molecule has 1 heterocycles. The maximum atomic E-state index is 13.7. The molecule has 0 saturated heterocycles. The van der Waals surface area contributed by atoms with Crippen molar-refractivity contribution < 1.29 is 13.6 Å². The smallest absolute Gasteiger partial charge is 0.319 e. The maximum Gasteiger partial charge on any atom is 0.319 e. The number of halogens is 3. The highest BCUT2D eigenvalue weighted by molar-refractivity contribution is 6.30. The van der Waals surface area contributed by atoms with Gasteiger partial charge in [-0.15, -0.1) is 0 Å². The van der Waals surface area contributed by atoms with Gasteiger partial charge in [0.05, 0.1) is 17.4 Å². The van der Waals surface area contributed by atoms with E-state index in [2.05, 4.69) is 22.5 Å². The standard InChI is InChI=1S/C23H23ClF2N4O/c1-2-19(29-23(31)28-13-5-3-12(24)4-6-13)22-15-7-14(8-16(15)22)30-11-27-20-9-17(25)18(26)10-21(20)30/h3-6,9-11,14-16,19,22H,2,7-8H2,1H3,(H2,28,29,31)/t14-,15-,16+,19-,22+/m1/s1. The molecule has 0 spiro atoms. The fraction of sp³-hybridized carbons (Fsp3) is 0.391. The lowest BCUT2D eigenvalue weighted by Gasteiger charge is -2.22. The third-order valence-electron chi connectivity index (χ3n) is 6.82. The Kier molecular flexibility index (Phi) is 5.08. The van der Waals surface area contributed by atoms with Crippen molar-refractivity contribution in [1.29, 1.82) is 0 Å². The number of carbonyl (C=O) groups is 1. The Morgan fingerprint density at radius 1 is 1.19 bits per heavy atom. The van der Waals surface area contributed by atoms with E-state index in [1.165, 1.54) is 6.07 Å². The van der Waals surface area contributed by atoms with Gasteiger partial charge in [-0.05, 0) is 61.3 Å². The molecule has 2 fully saturated rings. The van der Waals surface area contributed by atoms with Crippen LogP contribution < -0.4 is 10.6 Å². The summed E-state index contributed by atoms with van der Waals surface area (Å²) in [4.78, 5) is 16.7. The lowest BCUT2D eigenvalue weighted by molar-refractivity contribution is 0.244. The fourth-order valence-electron chi connectivity index (χ4n) is 5.34. The third kappa shape index (κ3) is 3.76. The summed E-state index contributed by atoms with van der Waals surface area (Å²) in [5.41, 5.74) is 1.81. The van der Waals surface area contributed by atoms with Gasteiger partial charge in [0.2, 0.25) is 0 Å². The average Bonchev–Trinajstić information content (AvgIpc) is 3.06. The highest BCUT2D eigenvalue weighted by Gasteiger charge is 2.59. The molecule has 2 aliphatic rings. The molecule has 2 aromatic carbocycles. The molecular formula is C23H23ClF2N4O. The largest absolute Gasteiger partial charge is 0.335 e. The number of urea groups is 1. The van der Waals surface area contributed by atoms with Crippen molar-refractivity contribution in [2.45, 2.75) is 38.3 Å². The van der Waals surface area contributed by atoms with Gasteiger partial charge in [-0.1, -0.05) is 18.5 Å². The van der Waals surface area contributed by atoms with E-state index in [-0.39, 0.29) is 18.1 Å². The first-order chi connectivity index (χ1) is 14.9. The van der Waals surface area contributed by atoms with E-state index >= 15 is 0 Å². The van der Waals surface area contributed by atoms with Gasteiger partial charge in [-0.25, -0.2) is 18.6 Å². The summed E-state index contributed by atoms with van der Waals surface area (Å²) in [6.07, 6.45) is 4.45. The van der Waals surface area contributed by atoms with Crippen molar-refractivity contribution >= 4 is 34.4 Å². The number of nitrogens with zero attached hydrogens (tertiary/aromatic N) is 2. The minimum atomic E-state index is -0.874. The van der Waals surface area contributed by atoms with Gasteiger partial charge in [0, 0.05) is 34.9 Å². The van der Waals surface area contributed by atoms with Crippen molar-refractivity contribution in [1.82, 2.24) is 14.9 Å². The quantitative estimate of drug-likeness (QED) is 0.525. The summed E-state index contributed by atoms with van der Waals surface area (Å²) in [7, 11) is 0. The minimum absolute atomic E-state index is 0.106. The summed E-state index contributed by atoms with van der Waals surface area (Å²) in [6.45, 7) is 2.08. The van der Waals surface area contributed by atoms with E-state index in [4.69, 9.17) is 11.6 Å². The van der Waals surface area contributed by atoms with Gasteiger partial charge in [-0.3, -0.25) is 0 Å². The molecule has 5 rings (SSSR count). The van der Waals surface area contributed by atoms with Crippen LogP contribution in [0, 0.1) is 29.4 Å². The number of rotatable bonds is 5. The van der Waals surface area contributed by atoms with Crippen LogP contribution >= 0.6 is 11.6 Å². The van der Waals surface area contributed by atoms with Gasteiger partial charge in [-0.2, -0.15) is 0 Å². The monoisotopic (exact) mass is 444 g/mol. The number of aromatic nitrogens is 2. The molecule has 0 bridgehead atoms. The number of nitrogens with one attached hydrogen (secondary N) is 2. The summed E-state index contributed by atoms with van der Waals surface area (Å²) in [5.74, 6) is -0.235. The normalized spacial score (nSPS) is 25.3. The summed E-state index contributed by atoms with van der Waals surface area (Å²) >= 11 is 5.89. The van der Waals surface area contributed by atoms with Crippen LogP contribution in [0.3, 0.4) is 0 Å². The van der Waals surface area contributed by atoms with Crippen LogP contribution in [0.2, 0.25) is 5.02 Å². The van der Waals surface area contributed by atoms with Gasteiger partial charge in [0.15, 0.2) is 11.6 Å². The molecular weight excluding hydrogens is 422 g/mol. The molecule has 31 heavy (non-hydrogen) atoms. The molecule has 0 radical (unpaired) electrons. The first-order valence-electron chi connectivity index (χ1n) is 10.6. The number of carbonyl (C=O) groups excluding carboxylic acids is 1. The molecule has 2 aliphatic carbocycles. The maximum absolute atomic E-state index is 13.7. The summed E-state index contributed by atoms with van der Waals surface area (Å²) < 4.78 is 29.2. The molecule has 0 aliphatic heterocycles. The van der Waals surface area contributed by atoms with Crippen molar-refractivity contribution in [3.63, 3.8) is 0 Å². The van der Waals surface area contributed by atoms with E-state index in [1.54, 1.807) is 30.6 Å². The molecule has 3 aromatic rings. The highest BCUT2D eigenvalue weighted by atomic mass is 35.5. The van der Waals surface area contributed by atoms with Crippen molar-refractivity contribution in [2.75, 3.05) is 5.32 Å². The highest BCUT2D eigenvalue weighted by Crippen LogP contribution is 2.62. The minimum Gasteiger partial charge on any atom is -0.335 e. The van der Waals surface area contributed by atoms with Crippen LogP contribution in [0.4, 0.5) is 19.3 Å². The average molecular weight is 445 g/mol. The molecule has 1 aromatic heterocycles. The Hall–Kier alpha value is -2.67. The van der Waals surface area contributed by atoms with Crippen LogP contribution in [-0.4, -0.2) is 21.6 Å². The number of benzene rings is 2. The summed E-state index contributed by atoms with van der Waals surface area (Å²) in [6, 6.07) is 9.50. The van der Waals surface area contributed by atoms with Gasteiger partial charge in [0.25, 0.3) is 0 Å². The number of imidazole rings is 1. The molecule has 162 valence electrons. The van der Waals surface area contributed by atoms with Gasteiger partial charge < -0.3 is 15.2 Å². The Morgan fingerprint density at radius 2 is 1.87 bits per heavy atom. The van der Waals surface area contributed by atoms with E-state index in [0.717, 1.165) is 25.3 Å². The van der Waals surface area contributed by atoms with Crippen LogP contribution in [0.1, 0.15) is 32.2 Å². The number of hydrogen-bond donors (Lipinski definition) is 2. The zero-order chi connectivity index (χ0) is 21.7. The molecule has 2 amide bonds. The van der Waals surface area contributed by atoms with E-state index in [0.29, 0.717) is 39.5 Å². The molecule has 5 nitrogen and oxygen atoms in total. The van der Waals surface area contributed by atoms with Crippen LogP contribution in [0.5, 0.6) is 0 Å². The second-order valence-electron chi connectivity index (χ2n) is 8.56. The van der Waals surface area contributed by atoms with Crippen LogP contribution in [0.25, 0.3) is 11.0 Å². The predicted molar refractivity (Wildman–Crippen MR) is 116 cm³/mol. The van der Waals surface area contributed by atoms with E-state index in [9.17, 15) is 13.6 Å². The molecule has 8 heteroatoms. The lowest BCUT2D eigenvalue weighted by Crippen LogP contribution is -2.40. The third-order valence-corrected chi connectivity index (χ3v) is 7.07. The first kappa shape index (κ1) is 20.2. The van der Waals surface area contributed by atoms with E-state index < -0.39 is 11.6 Å². The van der Waals surface area contributed by atoms with Gasteiger partial charge >= 0.3 is 6.03 Å². The lowest BCUT2D eigenvalue weighted by atomic mass is 9.99. The zero-order valence-corrected chi connectivity index (χ0v) is 17.7. The SMILES string of the molecule is CC[C@@H](NC(=O)Nc1ccc(Cl)cc1)[C@H]1[C@@H]2C[C@@H](n3cnc4cc(F)c(F)cc43)C[C@@H]21. The molecule has 5 atom stereocenters. The molecule has 2 N–H and O–H groups in total. The van der Waals surface area contributed by atoms with Crippen molar-refractivity contribution in [3.8, 4) is 0 Å². The zero-order valence-electron chi connectivity index (χ0n) is 17.0. The van der Waals surface area contributed by atoms with E-state index in [1.807, 2.05) is 4.57 Å². The van der Waals surface area contributed by atoms with Crippen molar-refractivity contribution in [2.24, 2.45) is 17.8 Å². The Labute approximate surface area is 183 Å². The molecule has 2 saturated carbocycles. The number of hydrogen-bond acceptors (Lipinski definition) is 2. The predicted octanol–water partition coefficient (Wildman–Crippen LogP) is 5.77. The number of amides is 2. The summed E-state index contributed by atoms with van der Waals surface area (Å²) in [5, 5.41) is 6.60. The Balaban J connectivity index is 1.21. The number of anilines is 1. The topological polar surface area (TPSA) is 59.0 Å². The van der Waals surface area contributed by atoms with Crippen LogP contribution in [0.15, 0.2) is 42.7 Å². The van der Waals surface area contributed by atoms with Crippen molar-refractivity contribution in [3.05, 3.63) is 59.4 Å². The second-order valence-corrected chi connectivity index (χ2v) is 8.99. The Morgan fingerprint density at radius 3 is 2.55 bits per heavy atom. The molecule has 0 unspecified atom stereocenters. The first-order valence-corrected chi connectivity index (χ1v) is 11.0. The number of fused-ring (bicyclic) bond motifs is 2. The second kappa shape index (κ2) is 7.79. The van der Waals surface area contributed by atoms with Gasteiger partial charge in [0.1, 0.15) is 0 Å².